The molecule has 2 unspecified atom stereocenters. The number of hydrogen-bond donors (Lipinski definition) is 2. The van der Waals surface area contributed by atoms with Crippen LogP contribution < -0.4 is 5.73 Å². The Morgan fingerprint density at radius 2 is 2.00 bits per heavy atom. The summed E-state index contributed by atoms with van der Waals surface area (Å²) in [4.78, 5) is 0. The molecule has 1 aromatic carbocycles. The van der Waals surface area contributed by atoms with Crippen molar-refractivity contribution in [1.82, 2.24) is 0 Å². The minimum atomic E-state index is -0.484. The van der Waals surface area contributed by atoms with Crippen molar-refractivity contribution in [3.05, 3.63) is 33.8 Å². The summed E-state index contributed by atoms with van der Waals surface area (Å²) in [6, 6.07) is 5.90. The van der Waals surface area contributed by atoms with Crippen molar-refractivity contribution >= 4 is 15.9 Å². The highest BCUT2D eigenvalue weighted by Gasteiger charge is 2.24. The third kappa shape index (κ3) is 2.84. The summed E-state index contributed by atoms with van der Waals surface area (Å²) in [5, 5.41) is 10.4. The Balaban J connectivity index is 3.03. The molecule has 2 nitrogen and oxygen atoms in total. The number of hydrogen-bond acceptors (Lipinski definition) is 2. The van der Waals surface area contributed by atoms with Crippen LogP contribution in [0.1, 0.15) is 31.1 Å². The maximum Gasteiger partial charge on any atom is 0.0835 e. The van der Waals surface area contributed by atoms with Gasteiger partial charge in [0.15, 0.2) is 0 Å². The number of halogens is 1. The van der Waals surface area contributed by atoms with Crippen molar-refractivity contribution in [2.75, 3.05) is 6.54 Å². The zero-order valence-electron chi connectivity index (χ0n) is 10.1. The highest BCUT2D eigenvalue weighted by molar-refractivity contribution is 9.10. The Hall–Kier alpha value is -0.380. The van der Waals surface area contributed by atoms with Crippen molar-refractivity contribution in [3.63, 3.8) is 0 Å². The van der Waals surface area contributed by atoms with Crippen molar-refractivity contribution < 1.29 is 5.11 Å². The molecule has 3 heteroatoms. The van der Waals surface area contributed by atoms with Crippen LogP contribution in [0, 0.1) is 18.8 Å². The molecule has 90 valence electrons. The molecule has 0 radical (unpaired) electrons. The maximum absolute atomic E-state index is 10.4. The van der Waals surface area contributed by atoms with Gasteiger partial charge in [-0.25, -0.2) is 0 Å². The minimum Gasteiger partial charge on any atom is -0.388 e. The second-order valence-electron chi connectivity index (χ2n) is 4.54. The van der Waals surface area contributed by atoms with E-state index < -0.39 is 6.10 Å². The third-order valence-corrected chi connectivity index (χ3v) is 4.02. The van der Waals surface area contributed by atoms with Gasteiger partial charge in [-0.2, -0.15) is 0 Å². The lowest BCUT2D eigenvalue weighted by Crippen LogP contribution is -2.27. The lowest BCUT2D eigenvalue weighted by Gasteiger charge is -2.26. The van der Waals surface area contributed by atoms with Crippen LogP contribution in [0.3, 0.4) is 0 Å². The summed E-state index contributed by atoms with van der Waals surface area (Å²) in [5.41, 5.74) is 7.79. The van der Waals surface area contributed by atoms with Crippen LogP contribution in [0.4, 0.5) is 0 Å². The number of aliphatic hydroxyl groups excluding tert-OH is 1. The van der Waals surface area contributed by atoms with Gasteiger partial charge in [0.05, 0.1) is 6.10 Å². The van der Waals surface area contributed by atoms with E-state index in [9.17, 15) is 5.11 Å². The lowest BCUT2D eigenvalue weighted by molar-refractivity contribution is 0.0855. The van der Waals surface area contributed by atoms with Crippen molar-refractivity contribution in [2.24, 2.45) is 17.6 Å². The molecule has 0 aliphatic rings. The fourth-order valence-electron chi connectivity index (χ4n) is 1.94. The van der Waals surface area contributed by atoms with Crippen LogP contribution in [0.25, 0.3) is 0 Å². The predicted octanol–water partition coefficient (Wildman–Crippen LogP) is 3.02. The van der Waals surface area contributed by atoms with Gasteiger partial charge in [-0.1, -0.05) is 41.9 Å². The Kier molecular flexibility index (Phi) is 4.96. The first-order valence-corrected chi connectivity index (χ1v) is 6.41. The van der Waals surface area contributed by atoms with Gasteiger partial charge in [-0.3, -0.25) is 0 Å². The molecule has 0 bridgehead atoms. The molecule has 0 amide bonds. The first kappa shape index (κ1) is 13.7. The van der Waals surface area contributed by atoms with E-state index >= 15 is 0 Å². The van der Waals surface area contributed by atoms with Gasteiger partial charge in [0.2, 0.25) is 0 Å². The molecular weight excluding hydrogens is 266 g/mol. The summed E-state index contributed by atoms with van der Waals surface area (Å²) in [6.07, 6.45) is -0.484. The Morgan fingerprint density at radius 3 is 2.50 bits per heavy atom. The summed E-state index contributed by atoms with van der Waals surface area (Å²) in [6.45, 7) is 6.70. The third-order valence-electron chi connectivity index (χ3n) is 3.16. The Morgan fingerprint density at radius 1 is 1.38 bits per heavy atom. The molecule has 0 saturated heterocycles. The topological polar surface area (TPSA) is 46.2 Å². The molecule has 0 saturated carbocycles. The van der Waals surface area contributed by atoms with E-state index in [0.29, 0.717) is 12.5 Å². The fraction of sp³-hybridized carbons (Fsp3) is 0.538. The van der Waals surface area contributed by atoms with E-state index in [2.05, 4.69) is 29.8 Å². The quantitative estimate of drug-likeness (QED) is 0.893. The minimum absolute atomic E-state index is 0.105. The van der Waals surface area contributed by atoms with E-state index in [-0.39, 0.29) is 5.92 Å². The smallest absolute Gasteiger partial charge is 0.0835 e. The highest BCUT2D eigenvalue weighted by Crippen LogP contribution is 2.31. The fourth-order valence-corrected chi connectivity index (χ4v) is 2.32. The second kappa shape index (κ2) is 5.80. The molecule has 0 heterocycles. The molecule has 0 aliphatic heterocycles. The summed E-state index contributed by atoms with van der Waals surface area (Å²) in [7, 11) is 0. The molecular formula is C13H20BrNO. The van der Waals surface area contributed by atoms with Gasteiger partial charge >= 0.3 is 0 Å². The van der Waals surface area contributed by atoms with Gasteiger partial charge in [-0.15, -0.1) is 0 Å². The van der Waals surface area contributed by atoms with Crippen molar-refractivity contribution in [1.29, 1.82) is 0 Å². The molecule has 0 aromatic heterocycles. The number of aliphatic hydroxyl groups is 1. The van der Waals surface area contributed by atoms with E-state index in [1.54, 1.807) is 0 Å². The van der Waals surface area contributed by atoms with Crippen LogP contribution in [-0.4, -0.2) is 11.7 Å². The molecule has 0 fully saturated rings. The van der Waals surface area contributed by atoms with Crippen molar-refractivity contribution in [3.8, 4) is 0 Å². The number of nitrogens with two attached hydrogens (primary N) is 1. The summed E-state index contributed by atoms with van der Waals surface area (Å²) >= 11 is 3.48. The van der Waals surface area contributed by atoms with Crippen LogP contribution >= 0.6 is 15.9 Å². The second-order valence-corrected chi connectivity index (χ2v) is 5.40. The maximum atomic E-state index is 10.4. The molecule has 1 aromatic rings. The van der Waals surface area contributed by atoms with Crippen LogP contribution in [0.5, 0.6) is 0 Å². The Bertz CT molecular complexity index is 352. The average molecular weight is 286 g/mol. The largest absolute Gasteiger partial charge is 0.388 e. The zero-order valence-corrected chi connectivity index (χ0v) is 11.7. The van der Waals surface area contributed by atoms with E-state index in [1.807, 2.05) is 25.1 Å². The number of benzene rings is 1. The van der Waals surface area contributed by atoms with E-state index in [0.717, 1.165) is 15.6 Å². The molecule has 0 aliphatic carbocycles. The number of rotatable bonds is 4. The van der Waals surface area contributed by atoms with Gasteiger partial charge in [0, 0.05) is 10.4 Å². The lowest BCUT2D eigenvalue weighted by atomic mass is 9.85. The summed E-state index contributed by atoms with van der Waals surface area (Å²) < 4.78 is 1.03. The predicted molar refractivity (Wildman–Crippen MR) is 71.2 cm³/mol. The molecule has 3 N–H and O–H groups in total. The van der Waals surface area contributed by atoms with E-state index in [4.69, 9.17) is 5.73 Å². The Labute approximate surface area is 106 Å². The first-order valence-electron chi connectivity index (χ1n) is 5.62. The molecule has 2 atom stereocenters. The summed E-state index contributed by atoms with van der Waals surface area (Å²) in [5.74, 6) is 0.478. The van der Waals surface area contributed by atoms with Crippen molar-refractivity contribution in [2.45, 2.75) is 26.9 Å². The van der Waals surface area contributed by atoms with Crippen LogP contribution in [0.15, 0.2) is 22.7 Å². The van der Waals surface area contributed by atoms with Gasteiger partial charge in [0.1, 0.15) is 0 Å². The monoisotopic (exact) mass is 285 g/mol. The first-order chi connectivity index (χ1) is 7.49. The SMILES string of the molecule is Cc1c(Br)cccc1C(O)C(CN)C(C)C. The van der Waals surface area contributed by atoms with Crippen LogP contribution in [-0.2, 0) is 0 Å². The average Bonchev–Trinajstić information content (AvgIpc) is 2.22. The molecule has 16 heavy (non-hydrogen) atoms. The van der Waals surface area contributed by atoms with Gasteiger partial charge < -0.3 is 10.8 Å². The highest BCUT2D eigenvalue weighted by atomic mass is 79.9. The molecule has 1 rings (SSSR count). The van der Waals surface area contributed by atoms with E-state index in [1.165, 1.54) is 0 Å². The van der Waals surface area contributed by atoms with Gasteiger partial charge in [-0.05, 0) is 36.6 Å². The normalized spacial score (nSPS) is 15.2. The standard InChI is InChI=1S/C13H20BrNO/c1-8(2)11(7-15)13(16)10-5-4-6-12(14)9(10)3/h4-6,8,11,13,16H,7,15H2,1-3H3. The van der Waals surface area contributed by atoms with Crippen LogP contribution in [0.2, 0.25) is 0 Å². The van der Waals surface area contributed by atoms with Gasteiger partial charge in [0.25, 0.3) is 0 Å². The zero-order chi connectivity index (χ0) is 12.3. The molecule has 0 spiro atoms.